The second kappa shape index (κ2) is 6.89. The minimum absolute atomic E-state index is 0.0272. The molecule has 1 aromatic rings. The standard InChI is InChI=1S/C17H26N2O/c1-17(10-6-3-7-11-17)13-19-16(20)15(18)12-14-8-4-2-5-9-14/h2,4-5,8-9,15H,3,6-7,10-13,18H2,1H3,(H,19,20). The van der Waals surface area contributed by atoms with Crippen molar-refractivity contribution in [2.24, 2.45) is 11.1 Å². The second-order valence-corrected chi connectivity index (χ2v) is 6.39. The van der Waals surface area contributed by atoms with Gasteiger partial charge in [-0.05, 0) is 30.2 Å². The van der Waals surface area contributed by atoms with Crippen molar-refractivity contribution >= 4 is 5.91 Å². The summed E-state index contributed by atoms with van der Waals surface area (Å²) >= 11 is 0. The summed E-state index contributed by atoms with van der Waals surface area (Å²) in [5, 5.41) is 3.05. The molecule has 2 rings (SSSR count). The van der Waals surface area contributed by atoms with E-state index in [-0.39, 0.29) is 11.3 Å². The summed E-state index contributed by atoms with van der Waals surface area (Å²) in [5.41, 5.74) is 7.37. The third-order valence-corrected chi connectivity index (χ3v) is 4.39. The number of carbonyl (C=O) groups excluding carboxylic acids is 1. The highest BCUT2D eigenvalue weighted by Crippen LogP contribution is 2.34. The van der Waals surface area contributed by atoms with Crippen LogP contribution in [0.2, 0.25) is 0 Å². The fourth-order valence-electron chi connectivity index (χ4n) is 2.97. The highest BCUT2D eigenvalue weighted by molar-refractivity contribution is 5.81. The Morgan fingerprint density at radius 2 is 1.90 bits per heavy atom. The smallest absolute Gasteiger partial charge is 0.237 e. The Labute approximate surface area is 121 Å². The molecule has 1 aromatic carbocycles. The Bertz CT molecular complexity index is 424. The quantitative estimate of drug-likeness (QED) is 0.867. The van der Waals surface area contributed by atoms with Crippen molar-refractivity contribution in [1.82, 2.24) is 5.32 Å². The van der Waals surface area contributed by atoms with Crippen molar-refractivity contribution in [2.75, 3.05) is 6.54 Å². The largest absolute Gasteiger partial charge is 0.354 e. The third-order valence-electron chi connectivity index (χ3n) is 4.39. The first-order valence-electron chi connectivity index (χ1n) is 7.66. The van der Waals surface area contributed by atoms with Crippen LogP contribution in [0, 0.1) is 5.41 Å². The number of nitrogens with two attached hydrogens (primary N) is 1. The molecule has 1 aliphatic carbocycles. The average molecular weight is 274 g/mol. The predicted octanol–water partition coefficient (Wildman–Crippen LogP) is 2.64. The van der Waals surface area contributed by atoms with E-state index in [9.17, 15) is 4.79 Å². The van der Waals surface area contributed by atoms with Gasteiger partial charge in [-0.2, -0.15) is 0 Å². The summed E-state index contributed by atoms with van der Waals surface area (Å²) in [4.78, 5) is 12.1. The normalized spacial score (nSPS) is 19.3. The van der Waals surface area contributed by atoms with E-state index in [1.807, 2.05) is 30.3 Å². The zero-order valence-corrected chi connectivity index (χ0v) is 12.4. The van der Waals surface area contributed by atoms with Crippen LogP contribution in [-0.4, -0.2) is 18.5 Å². The zero-order valence-electron chi connectivity index (χ0n) is 12.4. The van der Waals surface area contributed by atoms with Gasteiger partial charge in [0.1, 0.15) is 0 Å². The topological polar surface area (TPSA) is 55.1 Å². The first kappa shape index (κ1) is 15.0. The molecule has 3 nitrogen and oxygen atoms in total. The number of nitrogens with one attached hydrogen (secondary N) is 1. The number of rotatable bonds is 5. The van der Waals surface area contributed by atoms with Crippen LogP contribution < -0.4 is 11.1 Å². The molecule has 1 saturated carbocycles. The third kappa shape index (κ3) is 4.34. The molecule has 0 bridgehead atoms. The second-order valence-electron chi connectivity index (χ2n) is 6.39. The van der Waals surface area contributed by atoms with Gasteiger partial charge in [-0.3, -0.25) is 4.79 Å². The maximum Gasteiger partial charge on any atom is 0.237 e. The van der Waals surface area contributed by atoms with Crippen molar-refractivity contribution in [2.45, 2.75) is 51.5 Å². The van der Waals surface area contributed by atoms with Gasteiger partial charge in [0.2, 0.25) is 5.91 Å². The van der Waals surface area contributed by atoms with Gasteiger partial charge in [-0.25, -0.2) is 0 Å². The zero-order chi connectivity index (χ0) is 14.4. The van der Waals surface area contributed by atoms with Crippen LogP contribution >= 0.6 is 0 Å². The molecule has 0 aromatic heterocycles. The highest BCUT2D eigenvalue weighted by atomic mass is 16.2. The number of carbonyl (C=O) groups is 1. The molecule has 0 aliphatic heterocycles. The van der Waals surface area contributed by atoms with Gasteiger partial charge in [0.25, 0.3) is 0 Å². The molecule has 1 unspecified atom stereocenters. The van der Waals surface area contributed by atoms with E-state index in [4.69, 9.17) is 5.73 Å². The SMILES string of the molecule is CC1(CNC(=O)C(N)Cc2ccccc2)CCCCC1. The Balaban J connectivity index is 1.79. The molecule has 3 N–H and O–H groups in total. The van der Waals surface area contributed by atoms with Crippen LogP contribution in [0.15, 0.2) is 30.3 Å². The average Bonchev–Trinajstić information content (AvgIpc) is 2.46. The van der Waals surface area contributed by atoms with Gasteiger partial charge in [0, 0.05) is 6.54 Å². The first-order valence-corrected chi connectivity index (χ1v) is 7.66. The molecule has 1 atom stereocenters. The van der Waals surface area contributed by atoms with Gasteiger partial charge >= 0.3 is 0 Å². The summed E-state index contributed by atoms with van der Waals surface area (Å²) in [7, 11) is 0. The highest BCUT2D eigenvalue weighted by Gasteiger charge is 2.27. The molecule has 3 heteroatoms. The van der Waals surface area contributed by atoms with E-state index in [1.165, 1.54) is 32.1 Å². The van der Waals surface area contributed by atoms with Crippen molar-refractivity contribution in [3.63, 3.8) is 0 Å². The summed E-state index contributed by atoms with van der Waals surface area (Å²) in [6.45, 7) is 3.03. The monoisotopic (exact) mass is 274 g/mol. The molecule has 0 spiro atoms. The number of amides is 1. The van der Waals surface area contributed by atoms with Gasteiger partial charge in [0.15, 0.2) is 0 Å². The van der Waals surface area contributed by atoms with Gasteiger partial charge in [-0.1, -0.05) is 56.5 Å². The van der Waals surface area contributed by atoms with Crippen molar-refractivity contribution in [1.29, 1.82) is 0 Å². The summed E-state index contributed by atoms with van der Waals surface area (Å²) in [5.74, 6) is -0.0272. The summed E-state index contributed by atoms with van der Waals surface area (Å²) in [6, 6.07) is 9.49. The lowest BCUT2D eigenvalue weighted by Crippen LogP contribution is -2.46. The van der Waals surface area contributed by atoms with Gasteiger partial charge in [0.05, 0.1) is 6.04 Å². The van der Waals surface area contributed by atoms with Crippen LogP contribution in [0.3, 0.4) is 0 Å². The molecule has 110 valence electrons. The molecular weight excluding hydrogens is 248 g/mol. The molecule has 0 saturated heterocycles. The Morgan fingerprint density at radius 1 is 1.25 bits per heavy atom. The Morgan fingerprint density at radius 3 is 2.55 bits per heavy atom. The molecule has 0 radical (unpaired) electrons. The molecule has 0 heterocycles. The predicted molar refractivity (Wildman–Crippen MR) is 82.3 cm³/mol. The molecule has 1 fully saturated rings. The number of benzene rings is 1. The van der Waals surface area contributed by atoms with Gasteiger partial charge < -0.3 is 11.1 Å². The Hall–Kier alpha value is -1.35. The number of hydrogen-bond donors (Lipinski definition) is 2. The van der Waals surface area contributed by atoms with Gasteiger partial charge in [-0.15, -0.1) is 0 Å². The van der Waals surface area contributed by atoms with Crippen LogP contribution in [0.25, 0.3) is 0 Å². The molecule has 1 aliphatic rings. The fraction of sp³-hybridized carbons (Fsp3) is 0.588. The van der Waals surface area contributed by atoms with Crippen LogP contribution in [0.4, 0.5) is 0 Å². The minimum Gasteiger partial charge on any atom is -0.354 e. The first-order chi connectivity index (χ1) is 9.59. The lowest BCUT2D eigenvalue weighted by molar-refractivity contribution is -0.122. The van der Waals surface area contributed by atoms with Crippen LogP contribution in [0.1, 0.15) is 44.6 Å². The van der Waals surface area contributed by atoms with Crippen LogP contribution in [-0.2, 0) is 11.2 Å². The van der Waals surface area contributed by atoms with E-state index < -0.39 is 6.04 Å². The van der Waals surface area contributed by atoms with E-state index in [0.29, 0.717) is 6.42 Å². The number of hydrogen-bond acceptors (Lipinski definition) is 2. The van der Waals surface area contributed by atoms with Crippen LogP contribution in [0.5, 0.6) is 0 Å². The van der Waals surface area contributed by atoms with E-state index in [0.717, 1.165) is 12.1 Å². The summed E-state index contributed by atoms with van der Waals surface area (Å²) in [6.07, 6.45) is 6.91. The maximum absolute atomic E-state index is 12.1. The molecular formula is C17H26N2O. The lowest BCUT2D eigenvalue weighted by atomic mass is 9.76. The summed E-state index contributed by atoms with van der Waals surface area (Å²) < 4.78 is 0. The maximum atomic E-state index is 12.1. The lowest BCUT2D eigenvalue weighted by Gasteiger charge is -2.34. The fourth-order valence-corrected chi connectivity index (χ4v) is 2.97. The Kier molecular flexibility index (Phi) is 5.18. The van der Waals surface area contributed by atoms with Crippen molar-refractivity contribution in [3.8, 4) is 0 Å². The van der Waals surface area contributed by atoms with E-state index >= 15 is 0 Å². The van der Waals surface area contributed by atoms with E-state index in [1.54, 1.807) is 0 Å². The van der Waals surface area contributed by atoms with Crippen molar-refractivity contribution < 1.29 is 4.79 Å². The molecule has 20 heavy (non-hydrogen) atoms. The molecule has 1 amide bonds. The van der Waals surface area contributed by atoms with Crippen molar-refractivity contribution in [3.05, 3.63) is 35.9 Å². The minimum atomic E-state index is -0.454. The van der Waals surface area contributed by atoms with E-state index in [2.05, 4.69) is 12.2 Å².